The summed E-state index contributed by atoms with van der Waals surface area (Å²) in [6.07, 6.45) is -1.38. The SMILES string of the molecule is CC(O)c1c(F)c(F)cc(Br)c1F. The molecular formula is C8H6BrF3O. The van der Waals surface area contributed by atoms with Gasteiger partial charge in [0.05, 0.1) is 16.1 Å². The molecule has 0 aliphatic rings. The Bertz CT molecular complexity index is 312. The van der Waals surface area contributed by atoms with E-state index in [1.165, 1.54) is 0 Å². The van der Waals surface area contributed by atoms with Crippen molar-refractivity contribution in [3.8, 4) is 0 Å². The lowest BCUT2D eigenvalue weighted by Crippen LogP contribution is -2.03. The van der Waals surface area contributed by atoms with Gasteiger partial charge in [0.2, 0.25) is 0 Å². The van der Waals surface area contributed by atoms with Crippen LogP contribution in [0, 0.1) is 17.5 Å². The molecule has 1 aromatic carbocycles. The van der Waals surface area contributed by atoms with Crippen LogP contribution in [0.1, 0.15) is 18.6 Å². The van der Waals surface area contributed by atoms with E-state index in [4.69, 9.17) is 5.11 Å². The first-order chi connectivity index (χ1) is 5.95. The molecule has 0 aliphatic carbocycles. The summed E-state index contributed by atoms with van der Waals surface area (Å²) < 4.78 is 38.5. The van der Waals surface area contributed by atoms with Gasteiger partial charge in [0.1, 0.15) is 5.82 Å². The summed E-state index contributed by atoms with van der Waals surface area (Å²) >= 11 is 2.71. The summed E-state index contributed by atoms with van der Waals surface area (Å²) in [4.78, 5) is 0. The third-order valence-electron chi connectivity index (χ3n) is 1.56. The zero-order valence-corrected chi connectivity index (χ0v) is 8.20. The summed E-state index contributed by atoms with van der Waals surface area (Å²) in [7, 11) is 0. The molecule has 1 nitrogen and oxygen atoms in total. The second-order valence-corrected chi connectivity index (χ2v) is 3.41. The fraction of sp³-hybridized carbons (Fsp3) is 0.250. The number of aliphatic hydroxyl groups excluding tert-OH is 1. The lowest BCUT2D eigenvalue weighted by atomic mass is 10.1. The van der Waals surface area contributed by atoms with E-state index >= 15 is 0 Å². The first kappa shape index (κ1) is 10.5. The van der Waals surface area contributed by atoms with Gasteiger partial charge in [-0.15, -0.1) is 0 Å². The second kappa shape index (κ2) is 3.67. The summed E-state index contributed by atoms with van der Waals surface area (Å²) in [5.41, 5.74) is -0.660. The zero-order valence-electron chi connectivity index (χ0n) is 6.61. The fourth-order valence-corrected chi connectivity index (χ4v) is 1.37. The highest BCUT2D eigenvalue weighted by atomic mass is 79.9. The molecule has 0 radical (unpaired) electrons. The van der Waals surface area contributed by atoms with Crippen molar-refractivity contribution in [2.24, 2.45) is 0 Å². The molecule has 0 saturated heterocycles. The zero-order chi connectivity index (χ0) is 10.2. The first-order valence-electron chi connectivity index (χ1n) is 3.46. The van der Waals surface area contributed by atoms with Crippen LogP contribution in [0.2, 0.25) is 0 Å². The van der Waals surface area contributed by atoms with Crippen LogP contribution in [0.15, 0.2) is 10.5 Å². The van der Waals surface area contributed by atoms with E-state index in [9.17, 15) is 13.2 Å². The molecule has 0 saturated carbocycles. The minimum absolute atomic E-state index is 0.206. The smallest absolute Gasteiger partial charge is 0.167 e. The lowest BCUT2D eigenvalue weighted by Gasteiger charge is -2.09. The fourth-order valence-electron chi connectivity index (χ4n) is 0.958. The number of hydrogen-bond acceptors (Lipinski definition) is 1. The van der Waals surface area contributed by atoms with E-state index in [-0.39, 0.29) is 4.47 Å². The Morgan fingerprint density at radius 3 is 2.31 bits per heavy atom. The summed E-state index contributed by atoms with van der Waals surface area (Å²) in [5, 5.41) is 8.97. The van der Waals surface area contributed by atoms with Crippen molar-refractivity contribution in [1.29, 1.82) is 0 Å². The molecule has 0 bridgehead atoms. The largest absolute Gasteiger partial charge is 0.388 e. The van der Waals surface area contributed by atoms with E-state index in [0.717, 1.165) is 6.92 Å². The minimum atomic E-state index is -1.38. The van der Waals surface area contributed by atoms with E-state index in [2.05, 4.69) is 15.9 Å². The van der Waals surface area contributed by atoms with Gasteiger partial charge >= 0.3 is 0 Å². The van der Waals surface area contributed by atoms with Gasteiger partial charge in [-0.2, -0.15) is 0 Å². The van der Waals surface area contributed by atoms with Crippen LogP contribution in [0.5, 0.6) is 0 Å². The maximum absolute atomic E-state index is 13.1. The van der Waals surface area contributed by atoms with E-state index in [1.54, 1.807) is 0 Å². The molecule has 0 fully saturated rings. The standard InChI is InChI=1S/C8H6BrF3O/c1-3(13)6-7(11)4(9)2-5(10)8(6)12/h2-3,13H,1H3. The van der Waals surface area contributed by atoms with Crippen molar-refractivity contribution < 1.29 is 18.3 Å². The number of hydrogen-bond donors (Lipinski definition) is 1. The molecule has 0 heterocycles. The van der Waals surface area contributed by atoms with Crippen LogP contribution in [-0.4, -0.2) is 5.11 Å². The Morgan fingerprint density at radius 2 is 1.85 bits per heavy atom. The molecule has 1 N–H and O–H groups in total. The quantitative estimate of drug-likeness (QED) is 0.765. The monoisotopic (exact) mass is 254 g/mol. The molecule has 0 aliphatic heterocycles. The van der Waals surface area contributed by atoms with Gasteiger partial charge in [-0.25, -0.2) is 13.2 Å². The van der Waals surface area contributed by atoms with Gasteiger partial charge < -0.3 is 5.11 Å². The third kappa shape index (κ3) is 1.86. The van der Waals surface area contributed by atoms with E-state index in [1.807, 2.05) is 0 Å². The lowest BCUT2D eigenvalue weighted by molar-refractivity contribution is 0.186. The molecule has 1 atom stereocenters. The Hall–Kier alpha value is -0.550. The van der Waals surface area contributed by atoms with Crippen LogP contribution >= 0.6 is 15.9 Å². The van der Waals surface area contributed by atoms with Gasteiger partial charge in [-0.1, -0.05) is 0 Å². The topological polar surface area (TPSA) is 20.2 Å². The van der Waals surface area contributed by atoms with Crippen molar-refractivity contribution in [1.82, 2.24) is 0 Å². The molecule has 0 aromatic heterocycles. The molecule has 1 aromatic rings. The molecule has 5 heteroatoms. The van der Waals surface area contributed by atoms with Crippen LogP contribution < -0.4 is 0 Å². The average molecular weight is 255 g/mol. The summed E-state index contributed by atoms with van der Waals surface area (Å²) in [5.74, 6) is -3.52. The molecule has 13 heavy (non-hydrogen) atoms. The van der Waals surface area contributed by atoms with Crippen molar-refractivity contribution >= 4 is 15.9 Å². The molecular weight excluding hydrogens is 249 g/mol. The van der Waals surface area contributed by atoms with Crippen LogP contribution in [0.4, 0.5) is 13.2 Å². The average Bonchev–Trinajstić information content (AvgIpc) is 2.01. The van der Waals surface area contributed by atoms with E-state index in [0.29, 0.717) is 6.07 Å². The van der Waals surface area contributed by atoms with E-state index < -0.39 is 29.1 Å². The molecule has 0 amide bonds. The maximum Gasteiger partial charge on any atom is 0.167 e. The van der Waals surface area contributed by atoms with Crippen molar-refractivity contribution in [3.05, 3.63) is 33.6 Å². The predicted octanol–water partition coefficient (Wildman–Crippen LogP) is 2.92. The highest BCUT2D eigenvalue weighted by Gasteiger charge is 2.20. The molecule has 72 valence electrons. The Balaban J connectivity index is 3.46. The Kier molecular flexibility index (Phi) is 2.98. The van der Waals surface area contributed by atoms with Gasteiger partial charge in [-0.3, -0.25) is 0 Å². The minimum Gasteiger partial charge on any atom is -0.388 e. The molecule has 1 unspecified atom stereocenters. The van der Waals surface area contributed by atoms with Crippen LogP contribution in [0.3, 0.4) is 0 Å². The van der Waals surface area contributed by atoms with Crippen molar-refractivity contribution in [2.75, 3.05) is 0 Å². The number of aliphatic hydroxyl groups is 1. The number of benzene rings is 1. The Morgan fingerprint density at radius 1 is 1.31 bits per heavy atom. The Labute approximate surface area is 81.3 Å². The van der Waals surface area contributed by atoms with Gasteiger partial charge in [0.25, 0.3) is 0 Å². The van der Waals surface area contributed by atoms with Gasteiger partial charge in [0.15, 0.2) is 11.6 Å². The normalized spacial score (nSPS) is 13.1. The summed E-state index contributed by atoms with van der Waals surface area (Å²) in [6, 6.07) is 0.677. The first-order valence-corrected chi connectivity index (χ1v) is 4.25. The van der Waals surface area contributed by atoms with Gasteiger partial charge in [-0.05, 0) is 28.9 Å². The number of rotatable bonds is 1. The highest BCUT2D eigenvalue weighted by Crippen LogP contribution is 2.28. The van der Waals surface area contributed by atoms with Gasteiger partial charge in [0, 0.05) is 0 Å². The predicted molar refractivity (Wildman–Crippen MR) is 44.6 cm³/mol. The second-order valence-electron chi connectivity index (χ2n) is 2.56. The number of halogens is 4. The van der Waals surface area contributed by atoms with Crippen LogP contribution in [-0.2, 0) is 0 Å². The van der Waals surface area contributed by atoms with Crippen molar-refractivity contribution in [2.45, 2.75) is 13.0 Å². The van der Waals surface area contributed by atoms with Crippen LogP contribution in [0.25, 0.3) is 0 Å². The van der Waals surface area contributed by atoms with Crippen molar-refractivity contribution in [3.63, 3.8) is 0 Å². The molecule has 1 rings (SSSR count). The highest BCUT2D eigenvalue weighted by molar-refractivity contribution is 9.10. The molecule has 0 spiro atoms. The maximum atomic E-state index is 13.1. The third-order valence-corrected chi connectivity index (χ3v) is 2.14. The summed E-state index contributed by atoms with van der Waals surface area (Å²) in [6.45, 7) is 1.16.